The topological polar surface area (TPSA) is 72.0 Å². The van der Waals surface area contributed by atoms with Crippen LogP contribution in [-0.2, 0) is 0 Å². The molecule has 0 aliphatic carbocycles. The van der Waals surface area contributed by atoms with Gasteiger partial charge in [-0.15, -0.1) is 0 Å². The molecular weight excluding hydrogens is 237 g/mol. The van der Waals surface area contributed by atoms with Gasteiger partial charge in [-0.25, -0.2) is 4.98 Å². The predicted molar refractivity (Wildman–Crippen MR) is 60.6 cm³/mol. The number of hydrogen-bond acceptors (Lipinski definition) is 4. The highest BCUT2D eigenvalue weighted by molar-refractivity contribution is 6.35. The first-order valence-corrected chi connectivity index (χ1v) is 4.76. The first-order valence-electron chi connectivity index (χ1n) is 4.00. The summed E-state index contributed by atoms with van der Waals surface area (Å²) < 4.78 is 5.04. The Bertz CT molecular complexity index is 414. The van der Waals surface area contributed by atoms with Crippen molar-refractivity contribution in [2.45, 2.75) is 6.92 Å². The van der Waals surface area contributed by atoms with Crippen LogP contribution in [0.4, 0.5) is 0 Å². The van der Waals surface area contributed by atoms with E-state index in [9.17, 15) is 0 Å². The van der Waals surface area contributed by atoms with Crippen LogP contribution in [0.5, 0.6) is 5.88 Å². The number of pyridine rings is 1. The van der Waals surface area contributed by atoms with Gasteiger partial charge >= 0.3 is 0 Å². The molecule has 1 aromatic heterocycles. The third-order valence-corrected chi connectivity index (χ3v) is 1.82. The van der Waals surface area contributed by atoms with E-state index in [-0.39, 0.29) is 16.8 Å². The molecule has 0 bridgehead atoms. The lowest BCUT2D eigenvalue weighted by Crippen LogP contribution is -2.07. The summed E-state index contributed by atoms with van der Waals surface area (Å²) in [5, 5.41) is 8.05. The molecule has 1 aromatic rings. The molecule has 1 heterocycles. The number of ether oxygens (including phenoxy) is 1. The highest BCUT2D eigenvalue weighted by atomic mass is 35.5. The van der Waals surface area contributed by atoms with Gasteiger partial charge in [-0.2, -0.15) is 0 Å². The zero-order chi connectivity index (χ0) is 11.4. The van der Waals surface area contributed by atoms with Crippen LogP contribution < -0.4 is 10.5 Å². The van der Waals surface area contributed by atoms with Crippen LogP contribution >= 0.6 is 23.2 Å². The second-order valence-electron chi connectivity index (χ2n) is 2.80. The minimum atomic E-state index is -0.133. The number of allylic oxidation sites excluding steroid dienone is 1. The van der Waals surface area contributed by atoms with Crippen LogP contribution in [0.2, 0.25) is 10.0 Å². The van der Waals surface area contributed by atoms with Crippen molar-refractivity contribution in [1.29, 1.82) is 5.41 Å². The summed E-state index contributed by atoms with van der Waals surface area (Å²) in [5.41, 5.74) is 5.84. The Morgan fingerprint density at radius 3 is 2.80 bits per heavy atom. The Morgan fingerprint density at radius 2 is 2.27 bits per heavy atom. The summed E-state index contributed by atoms with van der Waals surface area (Å²) in [6, 6.07) is 1.48. The van der Waals surface area contributed by atoms with E-state index in [4.69, 9.17) is 39.1 Å². The maximum atomic E-state index is 7.40. The standard InChI is InChI=1S/C9H9Cl2N3O/c1-5(12)2-8(13)15-9-7(11)3-6(10)4-14-9/h2-4,13H,12H2,1H3/b5-2-,13-8?. The summed E-state index contributed by atoms with van der Waals surface area (Å²) in [5.74, 6) is -0.00436. The zero-order valence-corrected chi connectivity index (χ0v) is 9.43. The highest BCUT2D eigenvalue weighted by Crippen LogP contribution is 2.24. The number of nitrogens with zero attached hydrogens (tertiary/aromatic N) is 1. The van der Waals surface area contributed by atoms with Gasteiger partial charge in [0.1, 0.15) is 5.02 Å². The summed E-state index contributed by atoms with van der Waals surface area (Å²) in [6.07, 6.45) is 2.74. The van der Waals surface area contributed by atoms with Gasteiger partial charge in [-0.3, -0.25) is 5.41 Å². The number of rotatable bonds is 2. The fourth-order valence-corrected chi connectivity index (χ4v) is 1.24. The molecule has 0 amide bonds. The molecule has 0 aliphatic rings. The summed E-state index contributed by atoms with van der Waals surface area (Å²) in [6.45, 7) is 1.65. The first kappa shape index (κ1) is 11.8. The minimum absolute atomic E-state index is 0.128. The number of nitrogens with two attached hydrogens (primary N) is 1. The van der Waals surface area contributed by atoms with E-state index < -0.39 is 0 Å². The van der Waals surface area contributed by atoms with E-state index in [0.717, 1.165) is 0 Å². The van der Waals surface area contributed by atoms with Crippen molar-refractivity contribution < 1.29 is 4.74 Å². The summed E-state index contributed by atoms with van der Waals surface area (Å²) in [7, 11) is 0. The molecule has 4 nitrogen and oxygen atoms in total. The molecule has 0 saturated carbocycles. The fraction of sp³-hybridized carbons (Fsp3) is 0.111. The van der Waals surface area contributed by atoms with Crippen molar-refractivity contribution in [3.8, 4) is 5.88 Å². The van der Waals surface area contributed by atoms with Gasteiger partial charge in [0, 0.05) is 18.0 Å². The lowest BCUT2D eigenvalue weighted by atomic mass is 10.4. The predicted octanol–water partition coefficient (Wildman–Crippen LogP) is 2.61. The zero-order valence-electron chi connectivity index (χ0n) is 7.92. The molecule has 0 saturated heterocycles. The molecule has 1 rings (SSSR count). The number of aromatic nitrogens is 1. The summed E-state index contributed by atoms with van der Waals surface area (Å²) in [4.78, 5) is 3.83. The lowest BCUT2D eigenvalue weighted by molar-refractivity contribution is 0.527. The molecule has 0 spiro atoms. The van der Waals surface area contributed by atoms with Gasteiger partial charge in [-0.1, -0.05) is 23.2 Å². The second kappa shape index (κ2) is 5.00. The van der Waals surface area contributed by atoms with Crippen molar-refractivity contribution in [2.75, 3.05) is 0 Å². The Kier molecular flexibility index (Phi) is 3.94. The SMILES string of the molecule is C/C(N)=C/C(=N)Oc1ncc(Cl)cc1Cl. The Labute approximate surface area is 97.2 Å². The van der Waals surface area contributed by atoms with Crippen molar-refractivity contribution in [3.05, 3.63) is 34.1 Å². The first-order chi connectivity index (χ1) is 6.99. The Hall–Kier alpha value is -1.26. The Balaban J connectivity index is 2.82. The van der Waals surface area contributed by atoms with Crippen molar-refractivity contribution in [3.63, 3.8) is 0 Å². The molecule has 0 fully saturated rings. The lowest BCUT2D eigenvalue weighted by Gasteiger charge is -2.04. The third-order valence-electron chi connectivity index (χ3n) is 1.34. The molecule has 0 unspecified atom stereocenters. The monoisotopic (exact) mass is 245 g/mol. The molecule has 0 aromatic carbocycles. The second-order valence-corrected chi connectivity index (χ2v) is 3.64. The van der Waals surface area contributed by atoms with Crippen LogP contribution in [-0.4, -0.2) is 10.9 Å². The molecular formula is C9H9Cl2N3O. The van der Waals surface area contributed by atoms with Crippen LogP contribution in [0, 0.1) is 5.41 Å². The van der Waals surface area contributed by atoms with Crippen LogP contribution in [0.25, 0.3) is 0 Å². The molecule has 0 aliphatic heterocycles. The van der Waals surface area contributed by atoms with E-state index in [2.05, 4.69) is 4.98 Å². The largest absolute Gasteiger partial charge is 0.420 e. The van der Waals surface area contributed by atoms with Crippen molar-refractivity contribution in [2.24, 2.45) is 5.73 Å². The van der Waals surface area contributed by atoms with E-state index in [0.29, 0.717) is 10.7 Å². The quantitative estimate of drug-likeness (QED) is 0.622. The van der Waals surface area contributed by atoms with Gasteiger partial charge in [-0.05, 0) is 13.0 Å². The molecule has 6 heteroatoms. The molecule has 0 radical (unpaired) electrons. The maximum absolute atomic E-state index is 7.40. The normalized spacial score (nSPS) is 11.3. The van der Waals surface area contributed by atoms with E-state index >= 15 is 0 Å². The number of hydrogen-bond donors (Lipinski definition) is 2. The average Bonchev–Trinajstić information content (AvgIpc) is 2.08. The smallest absolute Gasteiger partial charge is 0.240 e. The van der Waals surface area contributed by atoms with Crippen LogP contribution in [0.3, 0.4) is 0 Å². The van der Waals surface area contributed by atoms with Gasteiger partial charge < -0.3 is 10.5 Å². The van der Waals surface area contributed by atoms with E-state index in [1.54, 1.807) is 6.92 Å². The fourth-order valence-electron chi connectivity index (χ4n) is 0.818. The van der Waals surface area contributed by atoms with Gasteiger partial charge in [0.15, 0.2) is 0 Å². The van der Waals surface area contributed by atoms with Gasteiger partial charge in [0.2, 0.25) is 11.8 Å². The van der Waals surface area contributed by atoms with Crippen molar-refractivity contribution in [1.82, 2.24) is 4.98 Å². The molecule has 3 N–H and O–H groups in total. The molecule has 15 heavy (non-hydrogen) atoms. The summed E-state index contributed by atoms with van der Waals surface area (Å²) >= 11 is 11.4. The minimum Gasteiger partial charge on any atom is -0.420 e. The average molecular weight is 246 g/mol. The Morgan fingerprint density at radius 1 is 1.60 bits per heavy atom. The molecule has 0 atom stereocenters. The van der Waals surface area contributed by atoms with Crippen LogP contribution in [0.1, 0.15) is 6.92 Å². The van der Waals surface area contributed by atoms with E-state index in [1.807, 2.05) is 0 Å². The van der Waals surface area contributed by atoms with E-state index in [1.165, 1.54) is 18.3 Å². The number of halogens is 2. The number of nitrogens with one attached hydrogen (secondary N) is 1. The van der Waals surface area contributed by atoms with Gasteiger partial charge in [0.25, 0.3) is 0 Å². The third kappa shape index (κ3) is 3.77. The van der Waals surface area contributed by atoms with Crippen LogP contribution in [0.15, 0.2) is 24.0 Å². The highest BCUT2D eigenvalue weighted by Gasteiger charge is 2.06. The van der Waals surface area contributed by atoms with Crippen molar-refractivity contribution >= 4 is 29.1 Å². The maximum Gasteiger partial charge on any atom is 0.240 e. The molecule has 80 valence electrons. The van der Waals surface area contributed by atoms with Gasteiger partial charge in [0.05, 0.1) is 5.02 Å².